The lowest BCUT2D eigenvalue weighted by Gasteiger charge is -2.01. The Morgan fingerprint density at radius 2 is 1.88 bits per heavy atom. The number of nitrogens with zero attached hydrogens (tertiary/aromatic N) is 2. The number of methoxy groups -OCH3 is 1. The smallest absolute Gasteiger partial charge is 0.350 e. The van der Waals surface area contributed by atoms with Gasteiger partial charge in [-0.15, -0.1) is 11.3 Å². The van der Waals surface area contributed by atoms with Crippen molar-refractivity contribution in [1.29, 1.82) is 0 Å². The van der Waals surface area contributed by atoms with Gasteiger partial charge in [-0.25, -0.2) is 14.8 Å². The van der Waals surface area contributed by atoms with Crippen molar-refractivity contribution >= 4 is 55.6 Å². The number of fused-ring (bicyclic) bond motifs is 1. The summed E-state index contributed by atoms with van der Waals surface area (Å²) in [6.45, 7) is 5.52. The molecule has 7 nitrogen and oxygen atoms in total. The van der Waals surface area contributed by atoms with E-state index in [-0.39, 0.29) is 5.91 Å². The zero-order valence-corrected chi connectivity index (χ0v) is 15.7. The molecule has 0 aliphatic rings. The fourth-order valence-corrected chi connectivity index (χ4v) is 4.52. The summed E-state index contributed by atoms with van der Waals surface area (Å²) in [5, 5.41) is 3.82. The Hall–Kier alpha value is -2.52. The Kier molecular flexibility index (Phi) is 4.44. The second kappa shape index (κ2) is 6.41. The highest BCUT2D eigenvalue weighted by Gasteiger charge is 2.22. The zero-order valence-electron chi connectivity index (χ0n) is 14.1. The van der Waals surface area contributed by atoms with Gasteiger partial charge in [0.25, 0.3) is 5.91 Å². The number of nitrogens with two attached hydrogens (primary N) is 1. The van der Waals surface area contributed by atoms with Gasteiger partial charge in [0, 0.05) is 11.1 Å². The quantitative estimate of drug-likeness (QED) is 0.679. The number of esters is 1. The number of rotatable bonds is 3. The van der Waals surface area contributed by atoms with Gasteiger partial charge >= 0.3 is 5.97 Å². The number of hydrogen-bond acceptors (Lipinski definition) is 8. The standard InChI is InChI=1S/C16H16N4O3S2/c1-6-5-7(2)18-14-9(6)10(17)12(24-14)13(21)20-16-19-8(3)11(25-16)15(22)23-4/h5H,17H2,1-4H3,(H,19,20,21). The minimum absolute atomic E-state index is 0.320. The minimum atomic E-state index is -0.479. The number of thiophene rings is 1. The Balaban J connectivity index is 1.94. The van der Waals surface area contributed by atoms with E-state index in [0.717, 1.165) is 32.8 Å². The highest BCUT2D eigenvalue weighted by Crippen LogP contribution is 2.35. The van der Waals surface area contributed by atoms with Gasteiger partial charge in [-0.1, -0.05) is 11.3 Å². The lowest BCUT2D eigenvalue weighted by atomic mass is 10.1. The normalized spacial score (nSPS) is 10.9. The lowest BCUT2D eigenvalue weighted by molar-refractivity contribution is 0.0605. The zero-order chi connectivity index (χ0) is 18.3. The molecule has 0 aliphatic carbocycles. The van der Waals surface area contributed by atoms with Crippen LogP contribution < -0.4 is 11.1 Å². The molecule has 25 heavy (non-hydrogen) atoms. The summed E-state index contributed by atoms with van der Waals surface area (Å²) in [5.74, 6) is -0.852. The predicted octanol–water partition coefficient (Wildman–Crippen LogP) is 3.30. The molecule has 0 fully saturated rings. The summed E-state index contributed by atoms with van der Waals surface area (Å²) in [7, 11) is 1.30. The number of thiazole rings is 1. The maximum absolute atomic E-state index is 12.6. The van der Waals surface area contributed by atoms with Crippen LogP contribution in [-0.2, 0) is 4.74 Å². The van der Waals surface area contributed by atoms with Crippen molar-refractivity contribution in [2.75, 3.05) is 18.2 Å². The summed E-state index contributed by atoms with van der Waals surface area (Å²) >= 11 is 2.30. The fourth-order valence-electron chi connectivity index (χ4n) is 2.52. The Morgan fingerprint density at radius 1 is 1.16 bits per heavy atom. The second-order valence-corrected chi connectivity index (χ2v) is 7.48. The van der Waals surface area contributed by atoms with Gasteiger partial charge in [0.05, 0.1) is 18.5 Å². The van der Waals surface area contributed by atoms with Gasteiger partial charge in [-0.3, -0.25) is 10.1 Å². The fraction of sp³-hybridized carbons (Fsp3) is 0.250. The molecule has 0 saturated heterocycles. The first-order chi connectivity index (χ1) is 11.8. The van der Waals surface area contributed by atoms with Crippen LogP contribution in [0.3, 0.4) is 0 Å². The molecule has 0 aromatic carbocycles. The first-order valence-corrected chi connectivity index (χ1v) is 8.98. The van der Waals surface area contributed by atoms with Crippen molar-refractivity contribution in [3.8, 4) is 0 Å². The molecule has 130 valence electrons. The third kappa shape index (κ3) is 3.08. The molecular weight excluding hydrogens is 360 g/mol. The van der Waals surface area contributed by atoms with E-state index < -0.39 is 5.97 Å². The second-order valence-electron chi connectivity index (χ2n) is 5.48. The topological polar surface area (TPSA) is 107 Å². The van der Waals surface area contributed by atoms with Crippen LogP contribution >= 0.6 is 22.7 Å². The number of amides is 1. The number of aryl methyl sites for hydroxylation is 3. The van der Waals surface area contributed by atoms with E-state index in [0.29, 0.717) is 26.3 Å². The summed E-state index contributed by atoms with van der Waals surface area (Å²) in [6, 6.07) is 1.93. The van der Waals surface area contributed by atoms with E-state index in [1.54, 1.807) is 6.92 Å². The molecule has 1 amide bonds. The highest BCUT2D eigenvalue weighted by molar-refractivity contribution is 7.21. The lowest BCUT2D eigenvalue weighted by Crippen LogP contribution is -2.11. The first-order valence-electron chi connectivity index (χ1n) is 7.35. The number of nitrogen functional groups attached to an aromatic ring is 1. The number of nitrogens with one attached hydrogen (secondary N) is 1. The summed E-state index contributed by atoms with van der Waals surface area (Å²) < 4.78 is 4.70. The van der Waals surface area contributed by atoms with Crippen molar-refractivity contribution in [3.05, 3.63) is 32.8 Å². The molecule has 0 saturated carbocycles. The van der Waals surface area contributed by atoms with Gasteiger partial charge in [0.15, 0.2) is 5.13 Å². The number of hydrogen-bond donors (Lipinski definition) is 2. The van der Waals surface area contributed by atoms with E-state index in [1.807, 2.05) is 19.9 Å². The Labute approximate surface area is 151 Å². The summed E-state index contributed by atoms with van der Waals surface area (Å²) in [5.41, 5.74) is 8.93. The SMILES string of the molecule is COC(=O)c1sc(NC(=O)c2sc3nc(C)cc(C)c3c2N)nc1C. The molecule has 0 aliphatic heterocycles. The van der Waals surface area contributed by atoms with Gasteiger partial charge < -0.3 is 10.5 Å². The molecule has 3 aromatic rings. The van der Waals surface area contributed by atoms with Crippen LogP contribution in [0.2, 0.25) is 0 Å². The van der Waals surface area contributed by atoms with Gasteiger partial charge in [0.2, 0.25) is 0 Å². The largest absolute Gasteiger partial charge is 0.465 e. The van der Waals surface area contributed by atoms with Gasteiger partial charge in [-0.05, 0) is 32.4 Å². The molecule has 9 heteroatoms. The molecule has 3 rings (SSSR count). The van der Waals surface area contributed by atoms with Crippen LogP contribution in [0.5, 0.6) is 0 Å². The van der Waals surface area contributed by atoms with Crippen LogP contribution in [0.15, 0.2) is 6.07 Å². The molecule has 0 radical (unpaired) electrons. The molecule has 3 heterocycles. The maximum Gasteiger partial charge on any atom is 0.350 e. The van der Waals surface area contributed by atoms with Crippen molar-refractivity contribution < 1.29 is 14.3 Å². The molecule has 3 N–H and O–H groups in total. The monoisotopic (exact) mass is 376 g/mol. The van der Waals surface area contributed by atoms with E-state index in [1.165, 1.54) is 18.4 Å². The number of carbonyl (C=O) groups excluding carboxylic acids is 2. The van der Waals surface area contributed by atoms with E-state index >= 15 is 0 Å². The van der Waals surface area contributed by atoms with Crippen LogP contribution in [0.4, 0.5) is 10.8 Å². The maximum atomic E-state index is 12.6. The van der Waals surface area contributed by atoms with Crippen LogP contribution in [0.1, 0.15) is 36.3 Å². The number of anilines is 2. The minimum Gasteiger partial charge on any atom is -0.465 e. The number of ether oxygens (including phenoxy) is 1. The predicted molar refractivity (Wildman–Crippen MR) is 99.7 cm³/mol. The van der Waals surface area contributed by atoms with Crippen molar-refractivity contribution in [2.24, 2.45) is 0 Å². The Bertz CT molecular complexity index is 1010. The number of aromatic nitrogens is 2. The van der Waals surface area contributed by atoms with Gasteiger partial charge in [0.1, 0.15) is 14.6 Å². The van der Waals surface area contributed by atoms with Crippen LogP contribution in [-0.4, -0.2) is 29.0 Å². The molecule has 0 spiro atoms. The van der Waals surface area contributed by atoms with E-state index in [2.05, 4.69) is 15.3 Å². The average molecular weight is 376 g/mol. The van der Waals surface area contributed by atoms with Crippen LogP contribution in [0, 0.1) is 20.8 Å². The molecule has 0 unspecified atom stereocenters. The van der Waals surface area contributed by atoms with Gasteiger partial charge in [-0.2, -0.15) is 0 Å². The summed E-state index contributed by atoms with van der Waals surface area (Å²) in [6.07, 6.45) is 0. The van der Waals surface area contributed by atoms with Crippen molar-refractivity contribution in [2.45, 2.75) is 20.8 Å². The van der Waals surface area contributed by atoms with Crippen molar-refractivity contribution in [3.63, 3.8) is 0 Å². The van der Waals surface area contributed by atoms with E-state index in [4.69, 9.17) is 10.5 Å². The highest BCUT2D eigenvalue weighted by atomic mass is 32.1. The molecule has 0 atom stereocenters. The van der Waals surface area contributed by atoms with E-state index in [9.17, 15) is 9.59 Å². The Morgan fingerprint density at radius 3 is 2.56 bits per heavy atom. The molecule has 0 bridgehead atoms. The molecule has 3 aromatic heterocycles. The summed E-state index contributed by atoms with van der Waals surface area (Å²) in [4.78, 5) is 34.4. The third-order valence-electron chi connectivity index (χ3n) is 3.62. The third-order valence-corrected chi connectivity index (χ3v) is 5.77. The first kappa shape index (κ1) is 17.3. The number of pyridine rings is 1. The van der Waals surface area contributed by atoms with Crippen molar-refractivity contribution in [1.82, 2.24) is 9.97 Å². The van der Waals surface area contributed by atoms with Crippen LogP contribution in [0.25, 0.3) is 10.2 Å². The number of carbonyl (C=O) groups is 2. The average Bonchev–Trinajstić information content (AvgIpc) is 3.06. The molecular formula is C16H16N4O3S2.